The number of pyridine rings is 1. The molecular weight excluding hydrogens is 294 g/mol. The summed E-state index contributed by atoms with van der Waals surface area (Å²) in [7, 11) is 0. The highest BCUT2D eigenvalue weighted by molar-refractivity contribution is 6.06. The maximum absolute atomic E-state index is 12.4. The molecule has 0 bridgehead atoms. The SMILES string of the molecule is Cc1ccnc(NC(=O)c2[nH]c(C)c(C(=O)OC(C)C)c2C)c1. The van der Waals surface area contributed by atoms with Crippen molar-refractivity contribution in [2.24, 2.45) is 0 Å². The maximum atomic E-state index is 12.4. The minimum Gasteiger partial charge on any atom is -0.459 e. The first kappa shape index (κ1) is 16.7. The number of nitrogens with zero attached hydrogens (tertiary/aromatic N) is 1. The van der Waals surface area contributed by atoms with Crippen LogP contribution in [0.25, 0.3) is 0 Å². The third-order valence-electron chi connectivity index (χ3n) is 3.37. The van der Waals surface area contributed by atoms with E-state index in [1.165, 1.54) is 0 Å². The van der Waals surface area contributed by atoms with E-state index in [4.69, 9.17) is 4.74 Å². The molecule has 1 amide bonds. The Morgan fingerprint density at radius 3 is 2.57 bits per heavy atom. The van der Waals surface area contributed by atoms with Gasteiger partial charge in [0.1, 0.15) is 11.5 Å². The summed E-state index contributed by atoms with van der Waals surface area (Å²) in [5.74, 6) is -0.306. The average Bonchev–Trinajstić information content (AvgIpc) is 2.73. The van der Waals surface area contributed by atoms with Gasteiger partial charge in [-0.25, -0.2) is 9.78 Å². The normalized spacial score (nSPS) is 10.7. The second-order valence-corrected chi connectivity index (χ2v) is 5.75. The molecule has 6 heteroatoms. The van der Waals surface area contributed by atoms with Gasteiger partial charge in [-0.1, -0.05) is 0 Å². The van der Waals surface area contributed by atoms with Crippen LogP contribution in [0.4, 0.5) is 5.82 Å². The highest BCUT2D eigenvalue weighted by Crippen LogP contribution is 2.20. The van der Waals surface area contributed by atoms with Gasteiger partial charge in [-0.2, -0.15) is 0 Å². The number of aryl methyl sites for hydroxylation is 2. The molecule has 122 valence electrons. The van der Waals surface area contributed by atoms with Gasteiger partial charge in [0.05, 0.1) is 11.7 Å². The Morgan fingerprint density at radius 2 is 1.96 bits per heavy atom. The van der Waals surface area contributed by atoms with Crippen LogP contribution in [0, 0.1) is 20.8 Å². The molecule has 0 spiro atoms. The number of hydrogen-bond donors (Lipinski definition) is 2. The molecule has 0 atom stereocenters. The predicted octanol–water partition coefficient (Wildman–Crippen LogP) is 3.15. The molecule has 2 aromatic heterocycles. The molecule has 2 heterocycles. The third-order valence-corrected chi connectivity index (χ3v) is 3.37. The predicted molar refractivity (Wildman–Crippen MR) is 87.7 cm³/mol. The molecule has 2 aromatic rings. The lowest BCUT2D eigenvalue weighted by molar-refractivity contribution is 0.0376. The first-order valence-electron chi connectivity index (χ1n) is 7.43. The standard InChI is InChI=1S/C17H21N3O3/c1-9(2)23-17(22)14-11(4)15(19-12(14)5)16(21)20-13-8-10(3)6-7-18-13/h6-9,19H,1-5H3,(H,18,20,21). The Morgan fingerprint density at radius 1 is 1.26 bits per heavy atom. The summed E-state index contributed by atoms with van der Waals surface area (Å²) in [5, 5.41) is 2.73. The molecule has 0 aliphatic carbocycles. The number of amides is 1. The van der Waals surface area contributed by atoms with Crippen LogP contribution in [-0.2, 0) is 4.74 Å². The summed E-state index contributed by atoms with van der Waals surface area (Å²) in [6, 6.07) is 3.62. The molecule has 6 nitrogen and oxygen atoms in total. The number of carbonyl (C=O) groups excluding carboxylic acids is 2. The number of esters is 1. The highest BCUT2D eigenvalue weighted by Gasteiger charge is 2.23. The van der Waals surface area contributed by atoms with Crippen molar-refractivity contribution in [3.8, 4) is 0 Å². The fourth-order valence-electron chi connectivity index (χ4n) is 2.34. The second kappa shape index (κ2) is 6.64. The van der Waals surface area contributed by atoms with Gasteiger partial charge in [0.2, 0.25) is 0 Å². The Kier molecular flexibility index (Phi) is 4.83. The molecule has 0 aliphatic rings. The molecule has 23 heavy (non-hydrogen) atoms. The fraction of sp³-hybridized carbons (Fsp3) is 0.353. The fourth-order valence-corrected chi connectivity index (χ4v) is 2.34. The molecule has 0 aliphatic heterocycles. The number of nitrogens with one attached hydrogen (secondary N) is 2. The van der Waals surface area contributed by atoms with Crippen LogP contribution >= 0.6 is 0 Å². The maximum Gasteiger partial charge on any atom is 0.340 e. The lowest BCUT2D eigenvalue weighted by atomic mass is 10.1. The summed E-state index contributed by atoms with van der Waals surface area (Å²) in [5.41, 5.74) is 2.91. The molecule has 2 N–H and O–H groups in total. The van der Waals surface area contributed by atoms with Crippen LogP contribution in [-0.4, -0.2) is 27.9 Å². The molecule has 0 unspecified atom stereocenters. The van der Waals surface area contributed by atoms with Crippen molar-refractivity contribution in [2.45, 2.75) is 40.7 Å². The molecular formula is C17H21N3O3. The second-order valence-electron chi connectivity index (χ2n) is 5.75. The topological polar surface area (TPSA) is 84.1 Å². The van der Waals surface area contributed by atoms with Gasteiger partial charge >= 0.3 is 5.97 Å². The van der Waals surface area contributed by atoms with Crippen LogP contribution in [0.1, 0.15) is 51.5 Å². The zero-order chi connectivity index (χ0) is 17.1. The largest absolute Gasteiger partial charge is 0.459 e. The first-order valence-corrected chi connectivity index (χ1v) is 7.43. The molecule has 2 rings (SSSR count). The number of H-pyrrole nitrogens is 1. The van der Waals surface area contributed by atoms with Gasteiger partial charge in [-0.15, -0.1) is 0 Å². The summed E-state index contributed by atoms with van der Waals surface area (Å²) in [6.45, 7) is 8.95. The Labute approximate surface area is 135 Å². The average molecular weight is 315 g/mol. The number of aromatic nitrogens is 2. The van der Waals surface area contributed by atoms with Gasteiger partial charge in [0.25, 0.3) is 5.91 Å². The number of hydrogen-bond acceptors (Lipinski definition) is 4. The van der Waals surface area contributed by atoms with Crippen LogP contribution in [0.2, 0.25) is 0 Å². The zero-order valence-electron chi connectivity index (χ0n) is 14.0. The van der Waals surface area contributed by atoms with E-state index in [1.807, 2.05) is 13.0 Å². The summed E-state index contributed by atoms with van der Waals surface area (Å²) in [6.07, 6.45) is 1.41. The van der Waals surface area contributed by atoms with E-state index >= 15 is 0 Å². The Balaban J connectivity index is 2.27. The van der Waals surface area contributed by atoms with E-state index in [1.54, 1.807) is 40.0 Å². The smallest absolute Gasteiger partial charge is 0.340 e. The van der Waals surface area contributed by atoms with Crippen molar-refractivity contribution in [2.75, 3.05) is 5.32 Å². The van der Waals surface area contributed by atoms with Gasteiger partial charge in [0, 0.05) is 11.9 Å². The summed E-state index contributed by atoms with van der Waals surface area (Å²) >= 11 is 0. The van der Waals surface area contributed by atoms with Crippen molar-refractivity contribution < 1.29 is 14.3 Å². The minimum absolute atomic E-state index is 0.218. The summed E-state index contributed by atoms with van der Waals surface area (Å²) in [4.78, 5) is 31.6. The lowest BCUT2D eigenvalue weighted by Gasteiger charge is -2.08. The molecule has 0 saturated carbocycles. The van der Waals surface area contributed by atoms with Gasteiger partial charge in [-0.3, -0.25) is 4.79 Å². The lowest BCUT2D eigenvalue weighted by Crippen LogP contribution is -2.16. The molecule has 0 aromatic carbocycles. The van der Waals surface area contributed by atoms with E-state index in [2.05, 4.69) is 15.3 Å². The van der Waals surface area contributed by atoms with Crippen molar-refractivity contribution in [1.82, 2.24) is 9.97 Å². The third kappa shape index (κ3) is 3.77. The number of rotatable bonds is 4. The number of anilines is 1. The first-order chi connectivity index (χ1) is 10.8. The van der Waals surface area contributed by atoms with Crippen LogP contribution in [0.15, 0.2) is 18.3 Å². The van der Waals surface area contributed by atoms with Gasteiger partial charge in [0.15, 0.2) is 0 Å². The van der Waals surface area contributed by atoms with E-state index < -0.39 is 5.97 Å². The van der Waals surface area contributed by atoms with E-state index in [9.17, 15) is 9.59 Å². The number of carbonyl (C=O) groups is 2. The summed E-state index contributed by atoms with van der Waals surface area (Å²) < 4.78 is 5.22. The quantitative estimate of drug-likeness (QED) is 0.849. The van der Waals surface area contributed by atoms with Crippen molar-refractivity contribution in [3.63, 3.8) is 0 Å². The van der Waals surface area contributed by atoms with E-state index in [0.29, 0.717) is 28.3 Å². The molecule has 0 radical (unpaired) electrons. The van der Waals surface area contributed by atoms with E-state index in [0.717, 1.165) is 5.56 Å². The number of ether oxygens (including phenoxy) is 1. The highest BCUT2D eigenvalue weighted by atomic mass is 16.5. The molecule has 0 saturated heterocycles. The van der Waals surface area contributed by atoms with Gasteiger partial charge < -0.3 is 15.0 Å². The van der Waals surface area contributed by atoms with Crippen molar-refractivity contribution in [1.29, 1.82) is 0 Å². The van der Waals surface area contributed by atoms with E-state index in [-0.39, 0.29) is 12.0 Å². The zero-order valence-corrected chi connectivity index (χ0v) is 14.0. The van der Waals surface area contributed by atoms with Crippen molar-refractivity contribution in [3.05, 3.63) is 46.4 Å². The van der Waals surface area contributed by atoms with Crippen LogP contribution in [0.3, 0.4) is 0 Å². The molecule has 0 fully saturated rings. The van der Waals surface area contributed by atoms with Crippen LogP contribution in [0.5, 0.6) is 0 Å². The van der Waals surface area contributed by atoms with Crippen LogP contribution < -0.4 is 5.32 Å². The Hall–Kier alpha value is -2.63. The van der Waals surface area contributed by atoms with Gasteiger partial charge in [-0.05, 0) is 57.9 Å². The Bertz CT molecular complexity index is 748. The van der Waals surface area contributed by atoms with Crippen molar-refractivity contribution >= 4 is 17.7 Å². The number of aromatic amines is 1. The minimum atomic E-state index is -0.431. The monoisotopic (exact) mass is 315 g/mol.